The Kier molecular flexibility index (Phi) is 9.48. The van der Waals surface area contributed by atoms with Gasteiger partial charge in [-0.25, -0.2) is 8.78 Å². The van der Waals surface area contributed by atoms with Crippen molar-refractivity contribution in [3.63, 3.8) is 0 Å². The van der Waals surface area contributed by atoms with Crippen LogP contribution in [0.4, 0.5) is 75.4 Å². The second-order valence-corrected chi connectivity index (χ2v) is 10.4. The van der Waals surface area contributed by atoms with Crippen molar-refractivity contribution in [2.45, 2.75) is 35.5 Å². The summed E-state index contributed by atoms with van der Waals surface area (Å²) in [5.41, 5.74) is -20.4. The molecule has 0 N–H and O–H groups in total. The van der Waals surface area contributed by atoms with Gasteiger partial charge in [0, 0.05) is 46.5 Å². The number of non-ortho nitro benzene ring substituents is 2. The van der Waals surface area contributed by atoms with Gasteiger partial charge in [0.05, 0.1) is 21.2 Å². The first kappa shape index (κ1) is 37.3. The van der Waals surface area contributed by atoms with Gasteiger partial charge in [-0.3, -0.25) is 20.2 Å². The van der Waals surface area contributed by atoms with Gasteiger partial charge in [0.2, 0.25) is 0 Å². The lowest BCUT2D eigenvalue weighted by atomic mass is 9.84. The third-order valence-electron chi connectivity index (χ3n) is 7.30. The van der Waals surface area contributed by atoms with Gasteiger partial charge in [-0.15, -0.1) is 0 Å². The number of alkyl halides is 12. The number of nitro groups is 2. The maximum atomic E-state index is 15.6. The molecule has 0 aromatic heterocycles. The van der Waals surface area contributed by atoms with Crippen LogP contribution >= 0.6 is 0 Å². The summed E-state index contributed by atoms with van der Waals surface area (Å²) in [7, 11) is 0. The van der Waals surface area contributed by atoms with Crippen LogP contribution in [0.15, 0.2) is 107 Å². The summed E-state index contributed by atoms with van der Waals surface area (Å²) in [6, 6.07) is 6.91. The van der Waals surface area contributed by atoms with Gasteiger partial charge in [0.1, 0.15) is 0 Å². The minimum Gasteiger partial charge on any atom is -0.258 e. The molecule has 8 nitrogen and oxygen atoms in total. The fraction of sp³-hybridized carbons (Fsp3) is 0.200. The van der Waals surface area contributed by atoms with Crippen molar-refractivity contribution < 1.29 is 62.5 Å². The fourth-order valence-electron chi connectivity index (χ4n) is 4.70. The average Bonchev–Trinajstić information content (AvgIpc) is 3.06. The molecule has 0 radical (unpaired) electrons. The number of benzene rings is 4. The quantitative estimate of drug-likeness (QED) is 0.0701. The average molecular weight is 724 g/mol. The molecule has 264 valence electrons. The molecule has 4 aromatic carbocycles. The number of hydrogen-bond acceptors (Lipinski definition) is 6. The SMILES string of the molecule is O=[N+]([O-])c1cccc(C(F)(F)C(F)(c2ccc(N=Nc3ccc(C(F)(C(F)(F)F)C(F)(F)c4cccc([N+](=O)[O-])c4)cc3)cc2)C(F)(F)F)c1. The van der Waals surface area contributed by atoms with Crippen LogP contribution in [0, 0.1) is 20.2 Å². The van der Waals surface area contributed by atoms with Crippen LogP contribution in [-0.2, 0) is 23.2 Å². The van der Waals surface area contributed by atoms with E-state index in [-0.39, 0.29) is 36.4 Å². The van der Waals surface area contributed by atoms with E-state index in [0.29, 0.717) is 60.7 Å². The van der Waals surface area contributed by atoms with E-state index in [1.54, 1.807) is 0 Å². The molecule has 0 aliphatic rings. The molecule has 0 saturated heterocycles. The van der Waals surface area contributed by atoms with Crippen LogP contribution in [0.5, 0.6) is 0 Å². The van der Waals surface area contributed by atoms with E-state index >= 15 is 26.3 Å². The molecule has 0 spiro atoms. The van der Waals surface area contributed by atoms with Gasteiger partial charge < -0.3 is 0 Å². The second kappa shape index (κ2) is 12.7. The molecule has 0 heterocycles. The van der Waals surface area contributed by atoms with Crippen LogP contribution in [0.3, 0.4) is 0 Å². The molecular formula is C30H16F12N4O4. The first-order chi connectivity index (χ1) is 23.0. The summed E-state index contributed by atoms with van der Waals surface area (Å²) >= 11 is 0. The lowest BCUT2D eigenvalue weighted by molar-refractivity contribution is -0.385. The van der Waals surface area contributed by atoms with Crippen molar-refractivity contribution in [3.05, 3.63) is 140 Å². The minimum absolute atomic E-state index is 0.0739. The van der Waals surface area contributed by atoms with E-state index in [0.717, 1.165) is 0 Å². The lowest BCUT2D eigenvalue weighted by Gasteiger charge is -2.35. The summed E-state index contributed by atoms with van der Waals surface area (Å²) in [4.78, 5) is 19.5. The lowest BCUT2D eigenvalue weighted by Crippen LogP contribution is -2.51. The van der Waals surface area contributed by atoms with Crippen LogP contribution in [0.1, 0.15) is 22.3 Å². The van der Waals surface area contributed by atoms with E-state index in [1.165, 1.54) is 0 Å². The molecule has 2 atom stereocenters. The minimum atomic E-state index is -6.28. The summed E-state index contributed by atoms with van der Waals surface area (Å²) < 4.78 is 175. The van der Waals surface area contributed by atoms with E-state index in [4.69, 9.17) is 0 Å². The Bertz CT molecular complexity index is 1800. The van der Waals surface area contributed by atoms with Crippen molar-refractivity contribution in [1.82, 2.24) is 0 Å². The monoisotopic (exact) mass is 724 g/mol. The van der Waals surface area contributed by atoms with Crippen LogP contribution in [0.25, 0.3) is 0 Å². The molecule has 2 unspecified atom stereocenters. The van der Waals surface area contributed by atoms with Crippen LogP contribution in [0.2, 0.25) is 0 Å². The van der Waals surface area contributed by atoms with Gasteiger partial charge in [-0.1, -0.05) is 48.5 Å². The first-order valence-corrected chi connectivity index (χ1v) is 13.4. The Labute approximate surface area is 271 Å². The number of nitrogens with zero attached hydrogens (tertiary/aromatic N) is 4. The Morgan fingerprint density at radius 2 is 0.740 bits per heavy atom. The number of hydrogen-bond donors (Lipinski definition) is 0. The molecule has 4 aromatic rings. The number of azo groups is 1. The Balaban J connectivity index is 1.65. The van der Waals surface area contributed by atoms with E-state index in [2.05, 4.69) is 10.2 Å². The number of nitro benzene ring substituents is 2. The Hall–Kier alpha value is -5.56. The zero-order valence-electron chi connectivity index (χ0n) is 24.2. The van der Waals surface area contributed by atoms with Crippen molar-refractivity contribution in [1.29, 1.82) is 0 Å². The van der Waals surface area contributed by atoms with Crippen molar-refractivity contribution in [2.75, 3.05) is 0 Å². The highest BCUT2D eigenvalue weighted by atomic mass is 19.4. The van der Waals surface area contributed by atoms with Gasteiger partial charge in [0.15, 0.2) is 0 Å². The van der Waals surface area contributed by atoms with Gasteiger partial charge in [-0.2, -0.15) is 54.1 Å². The predicted molar refractivity (Wildman–Crippen MR) is 149 cm³/mol. The molecular weight excluding hydrogens is 708 g/mol. The highest BCUT2D eigenvalue weighted by Crippen LogP contribution is 2.59. The summed E-state index contributed by atoms with van der Waals surface area (Å²) in [5, 5.41) is 28.9. The molecule has 4 rings (SSSR count). The second-order valence-electron chi connectivity index (χ2n) is 10.4. The number of rotatable bonds is 10. The summed E-state index contributed by atoms with van der Waals surface area (Å²) in [5.74, 6) is -10.8. The number of halogens is 12. The van der Waals surface area contributed by atoms with Crippen LogP contribution < -0.4 is 0 Å². The summed E-state index contributed by atoms with van der Waals surface area (Å²) in [6.07, 6.45) is -12.6. The normalized spacial score (nSPS) is 15.4. The smallest absolute Gasteiger partial charge is 0.258 e. The molecule has 0 bridgehead atoms. The molecule has 20 heteroatoms. The molecule has 50 heavy (non-hydrogen) atoms. The van der Waals surface area contributed by atoms with Gasteiger partial charge in [0.25, 0.3) is 22.7 Å². The van der Waals surface area contributed by atoms with E-state index < -0.39 is 90.4 Å². The molecule has 0 aliphatic carbocycles. The fourth-order valence-corrected chi connectivity index (χ4v) is 4.70. The zero-order chi connectivity index (χ0) is 37.5. The maximum Gasteiger partial charge on any atom is 0.433 e. The van der Waals surface area contributed by atoms with E-state index in [9.17, 15) is 46.6 Å². The summed E-state index contributed by atoms with van der Waals surface area (Å²) in [6.45, 7) is 0. The standard InChI is InChI=1S/C30H16F12N4O4/c31-25(29(37,38)39,27(33,34)19-3-1-5-23(15-19)45(47)48)17-7-11-21(12-8-17)43-44-22-13-9-18(10-14-22)26(32,30(40,41)42)28(35,36)20-4-2-6-24(16-20)46(49)50/h1-16H. The van der Waals surface area contributed by atoms with Gasteiger partial charge >= 0.3 is 24.2 Å². The van der Waals surface area contributed by atoms with Crippen molar-refractivity contribution in [3.8, 4) is 0 Å². The zero-order valence-corrected chi connectivity index (χ0v) is 24.2. The highest BCUT2D eigenvalue weighted by Gasteiger charge is 2.73. The van der Waals surface area contributed by atoms with Crippen LogP contribution in [-0.4, -0.2) is 22.2 Å². The largest absolute Gasteiger partial charge is 0.433 e. The third kappa shape index (κ3) is 6.31. The first-order valence-electron chi connectivity index (χ1n) is 13.4. The molecule has 0 fully saturated rings. The maximum absolute atomic E-state index is 15.6. The third-order valence-corrected chi connectivity index (χ3v) is 7.30. The molecule has 0 saturated carbocycles. The topological polar surface area (TPSA) is 111 Å². The van der Waals surface area contributed by atoms with E-state index in [1.807, 2.05) is 0 Å². The molecule has 0 amide bonds. The predicted octanol–water partition coefficient (Wildman–Crippen LogP) is 11.0. The van der Waals surface area contributed by atoms with Gasteiger partial charge in [-0.05, 0) is 24.3 Å². The molecule has 0 aliphatic heterocycles. The Morgan fingerprint density at radius 3 is 1.00 bits per heavy atom. The van der Waals surface area contributed by atoms with Crippen molar-refractivity contribution in [2.24, 2.45) is 10.2 Å². The highest BCUT2D eigenvalue weighted by molar-refractivity contribution is 5.47. The van der Waals surface area contributed by atoms with Crippen molar-refractivity contribution >= 4 is 22.7 Å². The Morgan fingerprint density at radius 1 is 0.440 bits per heavy atom.